The first-order valence-corrected chi connectivity index (χ1v) is 6.95. The van der Waals surface area contributed by atoms with Crippen LogP contribution in [0.15, 0.2) is 24.3 Å². The second-order valence-electron chi connectivity index (χ2n) is 6.14. The summed E-state index contributed by atoms with van der Waals surface area (Å²) in [5.41, 5.74) is 2.64. The Morgan fingerprint density at radius 3 is 1.94 bits per heavy atom. The number of nitrogens with zero attached hydrogens (tertiary/aromatic N) is 1. The van der Waals surface area contributed by atoms with Crippen molar-refractivity contribution < 1.29 is 4.84 Å². The molecule has 2 rings (SSSR count). The molecule has 1 aromatic rings. The van der Waals surface area contributed by atoms with Crippen molar-refractivity contribution in [1.29, 1.82) is 0 Å². The zero-order valence-electron chi connectivity index (χ0n) is 12.3. The van der Waals surface area contributed by atoms with Gasteiger partial charge in [0.15, 0.2) is 0 Å². The molecule has 1 aliphatic rings. The Balaban J connectivity index is 2.33. The van der Waals surface area contributed by atoms with Crippen molar-refractivity contribution in [2.45, 2.75) is 58.5 Å². The molecule has 0 fully saturated rings. The molecule has 0 aliphatic carbocycles. The fourth-order valence-electron chi connectivity index (χ4n) is 3.09. The molecule has 0 amide bonds. The molecule has 0 N–H and O–H groups in total. The Morgan fingerprint density at radius 2 is 1.50 bits per heavy atom. The van der Waals surface area contributed by atoms with Gasteiger partial charge in [-0.2, -0.15) is 5.06 Å². The molecule has 100 valence electrons. The van der Waals surface area contributed by atoms with Crippen LogP contribution in [0.2, 0.25) is 0 Å². The second kappa shape index (κ2) is 4.67. The summed E-state index contributed by atoms with van der Waals surface area (Å²) in [4.78, 5) is 6.09. The van der Waals surface area contributed by atoms with Crippen LogP contribution in [0.3, 0.4) is 0 Å². The van der Waals surface area contributed by atoms with E-state index in [1.165, 1.54) is 17.5 Å². The second-order valence-corrected chi connectivity index (χ2v) is 6.14. The van der Waals surface area contributed by atoms with Gasteiger partial charge < -0.3 is 0 Å². The Morgan fingerprint density at radius 1 is 1.00 bits per heavy atom. The Bertz CT molecular complexity index is 388. The highest BCUT2D eigenvalue weighted by molar-refractivity contribution is 5.42. The van der Waals surface area contributed by atoms with Gasteiger partial charge in [0.1, 0.15) is 0 Å². The third-order valence-electron chi connectivity index (χ3n) is 3.98. The molecular weight excluding hydrogens is 222 g/mol. The van der Waals surface area contributed by atoms with Gasteiger partial charge in [-0.05, 0) is 45.2 Å². The van der Waals surface area contributed by atoms with Crippen LogP contribution in [0.5, 0.6) is 0 Å². The van der Waals surface area contributed by atoms with E-state index in [-0.39, 0.29) is 11.1 Å². The number of unbranched alkanes of at least 4 members (excludes halogenated alkanes) is 1. The fraction of sp³-hybridized carbons (Fsp3) is 0.625. The van der Waals surface area contributed by atoms with Crippen LogP contribution in [0, 0.1) is 0 Å². The van der Waals surface area contributed by atoms with Gasteiger partial charge in [-0.3, -0.25) is 4.84 Å². The summed E-state index contributed by atoms with van der Waals surface area (Å²) >= 11 is 0. The minimum absolute atomic E-state index is 0.0617. The summed E-state index contributed by atoms with van der Waals surface area (Å²) in [6.07, 6.45) is 2.28. The molecule has 0 radical (unpaired) electrons. The first-order chi connectivity index (χ1) is 8.42. The maximum Gasteiger partial charge on any atom is 0.0685 e. The largest absolute Gasteiger partial charge is 0.297 e. The fourth-order valence-corrected chi connectivity index (χ4v) is 3.09. The van der Waals surface area contributed by atoms with Crippen molar-refractivity contribution in [2.75, 3.05) is 6.61 Å². The molecule has 18 heavy (non-hydrogen) atoms. The van der Waals surface area contributed by atoms with Gasteiger partial charge in [-0.25, -0.2) is 0 Å². The lowest BCUT2D eigenvalue weighted by atomic mass is 9.91. The third-order valence-corrected chi connectivity index (χ3v) is 3.98. The smallest absolute Gasteiger partial charge is 0.0685 e. The average molecular weight is 247 g/mol. The van der Waals surface area contributed by atoms with Gasteiger partial charge in [-0.15, -0.1) is 0 Å². The van der Waals surface area contributed by atoms with E-state index in [0.29, 0.717) is 0 Å². The zero-order chi connectivity index (χ0) is 13.4. The van der Waals surface area contributed by atoms with E-state index < -0.39 is 0 Å². The highest BCUT2D eigenvalue weighted by Gasteiger charge is 2.49. The molecule has 1 heterocycles. The van der Waals surface area contributed by atoms with Gasteiger partial charge in [0.25, 0.3) is 0 Å². The highest BCUT2D eigenvalue weighted by Crippen LogP contribution is 2.49. The Kier molecular flexibility index (Phi) is 3.52. The molecule has 0 saturated carbocycles. The maximum atomic E-state index is 6.09. The van der Waals surface area contributed by atoms with Crippen molar-refractivity contribution in [1.82, 2.24) is 5.06 Å². The SMILES string of the molecule is CCCCON1C(C)(C)c2ccccc2C1(C)C. The monoisotopic (exact) mass is 247 g/mol. The number of fused-ring (bicyclic) bond motifs is 1. The summed E-state index contributed by atoms with van der Waals surface area (Å²) in [7, 11) is 0. The molecular formula is C16H25NO. The van der Waals surface area contributed by atoms with E-state index in [2.05, 4.69) is 63.9 Å². The van der Waals surface area contributed by atoms with E-state index >= 15 is 0 Å². The van der Waals surface area contributed by atoms with Crippen LogP contribution in [0.25, 0.3) is 0 Å². The summed E-state index contributed by atoms with van der Waals surface area (Å²) in [6, 6.07) is 8.68. The topological polar surface area (TPSA) is 12.5 Å². The van der Waals surface area contributed by atoms with Crippen molar-refractivity contribution in [2.24, 2.45) is 0 Å². The van der Waals surface area contributed by atoms with Gasteiger partial charge in [0.2, 0.25) is 0 Å². The van der Waals surface area contributed by atoms with Crippen LogP contribution >= 0.6 is 0 Å². The zero-order valence-corrected chi connectivity index (χ0v) is 12.3. The maximum absolute atomic E-state index is 6.09. The molecule has 0 bridgehead atoms. The van der Waals surface area contributed by atoms with E-state index in [9.17, 15) is 0 Å². The van der Waals surface area contributed by atoms with E-state index in [4.69, 9.17) is 4.84 Å². The predicted octanol–water partition coefficient (Wildman–Crippen LogP) is 4.20. The number of hydroxylamine groups is 2. The molecule has 1 aliphatic heterocycles. The molecule has 0 aromatic heterocycles. The Hall–Kier alpha value is -0.860. The number of rotatable bonds is 4. The molecule has 1 aromatic carbocycles. The molecule has 2 heteroatoms. The van der Waals surface area contributed by atoms with Gasteiger partial charge in [-0.1, -0.05) is 37.6 Å². The van der Waals surface area contributed by atoms with Crippen molar-refractivity contribution in [3.63, 3.8) is 0 Å². The summed E-state index contributed by atoms with van der Waals surface area (Å²) < 4.78 is 0. The molecule has 2 nitrogen and oxygen atoms in total. The summed E-state index contributed by atoms with van der Waals surface area (Å²) in [5.74, 6) is 0. The van der Waals surface area contributed by atoms with Gasteiger partial charge in [0.05, 0.1) is 17.7 Å². The van der Waals surface area contributed by atoms with Crippen LogP contribution in [0.1, 0.15) is 58.6 Å². The predicted molar refractivity (Wildman–Crippen MR) is 75.2 cm³/mol. The lowest BCUT2D eigenvalue weighted by Gasteiger charge is -2.39. The number of benzene rings is 1. The molecule has 0 spiro atoms. The average Bonchev–Trinajstić information content (AvgIpc) is 2.48. The van der Waals surface area contributed by atoms with Crippen LogP contribution in [-0.2, 0) is 15.9 Å². The minimum atomic E-state index is -0.0617. The quantitative estimate of drug-likeness (QED) is 0.739. The van der Waals surface area contributed by atoms with Crippen molar-refractivity contribution in [3.8, 4) is 0 Å². The van der Waals surface area contributed by atoms with Crippen molar-refractivity contribution in [3.05, 3.63) is 35.4 Å². The lowest BCUT2D eigenvalue weighted by Crippen LogP contribution is -2.45. The molecule has 0 atom stereocenters. The summed E-state index contributed by atoms with van der Waals surface area (Å²) in [6.45, 7) is 12.0. The third kappa shape index (κ3) is 1.98. The summed E-state index contributed by atoms with van der Waals surface area (Å²) in [5, 5.41) is 2.18. The first kappa shape index (κ1) is 13.6. The van der Waals surface area contributed by atoms with E-state index in [0.717, 1.165) is 13.0 Å². The highest BCUT2D eigenvalue weighted by atomic mass is 16.7. The Labute approximate surface area is 111 Å². The normalized spacial score (nSPS) is 20.9. The van der Waals surface area contributed by atoms with Gasteiger partial charge in [0, 0.05) is 0 Å². The minimum Gasteiger partial charge on any atom is -0.297 e. The number of hydrogen-bond acceptors (Lipinski definition) is 2. The number of hydrogen-bond donors (Lipinski definition) is 0. The molecule has 0 unspecified atom stereocenters. The first-order valence-electron chi connectivity index (χ1n) is 6.95. The van der Waals surface area contributed by atoms with Crippen LogP contribution < -0.4 is 0 Å². The van der Waals surface area contributed by atoms with Crippen LogP contribution in [0.4, 0.5) is 0 Å². The lowest BCUT2D eigenvalue weighted by molar-refractivity contribution is -0.261. The van der Waals surface area contributed by atoms with Crippen molar-refractivity contribution >= 4 is 0 Å². The van der Waals surface area contributed by atoms with E-state index in [1.807, 2.05) is 0 Å². The standard InChI is InChI=1S/C16H25NO/c1-6-7-12-18-17-15(2,3)13-10-8-9-11-14(13)16(17,4)5/h8-11H,6-7,12H2,1-5H3. The molecule has 0 saturated heterocycles. The van der Waals surface area contributed by atoms with E-state index in [1.54, 1.807) is 0 Å². The van der Waals surface area contributed by atoms with Crippen LogP contribution in [-0.4, -0.2) is 11.7 Å². The van der Waals surface area contributed by atoms with Gasteiger partial charge >= 0.3 is 0 Å².